The van der Waals surface area contributed by atoms with Crippen molar-refractivity contribution in [3.05, 3.63) is 58.9 Å². The summed E-state index contributed by atoms with van der Waals surface area (Å²) in [5.74, 6) is -2.30. The molecular weight excluding hydrogens is 451 g/mol. The lowest BCUT2D eigenvalue weighted by Crippen LogP contribution is -2.40. The van der Waals surface area contributed by atoms with Crippen molar-refractivity contribution in [2.45, 2.75) is 17.9 Å². The summed E-state index contributed by atoms with van der Waals surface area (Å²) in [6.07, 6.45) is -1.26. The Hall–Kier alpha value is -2.53. The zero-order valence-corrected chi connectivity index (χ0v) is 18.1. The second-order valence-electron chi connectivity index (χ2n) is 6.68. The summed E-state index contributed by atoms with van der Waals surface area (Å²) < 4.78 is 51.0. The average Bonchev–Trinajstić information content (AvgIpc) is 2.76. The van der Waals surface area contributed by atoms with Gasteiger partial charge in [0.15, 0.2) is 6.10 Å². The number of hydrogen-bond donors (Lipinski definition) is 1. The fourth-order valence-corrected chi connectivity index (χ4v) is 4.74. The van der Waals surface area contributed by atoms with Crippen molar-refractivity contribution in [1.29, 1.82) is 0 Å². The summed E-state index contributed by atoms with van der Waals surface area (Å²) >= 11 is 6.08. The molecule has 0 saturated carbocycles. The predicted molar refractivity (Wildman–Crippen MR) is 111 cm³/mol. The molecule has 1 aliphatic rings. The Bertz CT molecular complexity index is 1090. The molecule has 8 nitrogen and oxygen atoms in total. The standard InChI is InChI=1S/C20H20ClFN2O6S/c1-13(19(25)23-17-5-3-2-4-16(17)22)30-20(26)14-6-7-15(21)18(12-14)31(27,28)24-8-10-29-11-9-24/h2-7,12-13H,8-11H2,1H3,(H,23,25). The lowest BCUT2D eigenvalue weighted by Gasteiger charge is -2.26. The molecule has 0 radical (unpaired) electrons. The number of hydrogen-bond acceptors (Lipinski definition) is 6. The van der Waals surface area contributed by atoms with Gasteiger partial charge in [-0.2, -0.15) is 4.31 Å². The Morgan fingerprint density at radius 2 is 1.87 bits per heavy atom. The van der Waals surface area contributed by atoms with Gasteiger partial charge in [0.2, 0.25) is 10.0 Å². The van der Waals surface area contributed by atoms with E-state index in [9.17, 15) is 22.4 Å². The van der Waals surface area contributed by atoms with E-state index in [4.69, 9.17) is 21.1 Å². The Labute approximate surface area is 183 Å². The van der Waals surface area contributed by atoms with Crippen LogP contribution in [0, 0.1) is 5.82 Å². The van der Waals surface area contributed by atoms with E-state index in [1.54, 1.807) is 6.07 Å². The molecule has 1 fully saturated rings. The monoisotopic (exact) mass is 470 g/mol. The van der Waals surface area contributed by atoms with Crippen LogP contribution in [0.3, 0.4) is 0 Å². The third kappa shape index (κ3) is 5.40. The summed E-state index contributed by atoms with van der Waals surface area (Å²) in [6, 6.07) is 9.23. The maximum absolute atomic E-state index is 13.7. The first-order valence-corrected chi connectivity index (χ1v) is 11.2. The van der Waals surface area contributed by atoms with E-state index in [-0.39, 0.29) is 47.5 Å². The van der Waals surface area contributed by atoms with E-state index in [1.165, 1.54) is 41.6 Å². The number of rotatable bonds is 6. The molecule has 1 heterocycles. The Morgan fingerprint density at radius 1 is 1.19 bits per heavy atom. The fraction of sp³-hybridized carbons (Fsp3) is 0.300. The van der Waals surface area contributed by atoms with E-state index in [0.29, 0.717) is 0 Å². The number of benzene rings is 2. The van der Waals surface area contributed by atoms with Gasteiger partial charge in [0, 0.05) is 13.1 Å². The lowest BCUT2D eigenvalue weighted by molar-refractivity contribution is -0.123. The molecule has 0 spiro atoms. The van der Waals surface area contributed by atoms with Gasteiger partial charge in [-0.1, -0.05) is 23.7 Å². The third-order valence-corrected chi connectivity index (χ3v) is 6.92. The quantitative estimate of drug-likeness (QED) is 0.651. The van der Waals surface area contributed by atoms with E-state index in [2.05, 4.69) is 5.32 Å². The number of nitrogens with one attached hydrogen (secondary N) is 1. The number of carbonyl (C=O) groups excluding carboxylic acids is 2. The predicted octanol–water partition coefficient (Wildman–Crippen LogP) is 2.68. The number of carbonyl (C=O) groups is 2. The first-order valence-electron chi connectivity index (χ1n) is 9.34. The highest BCUT2D eigenvalue weighted by atomic mass is 35.5. The van der Waals surface area contributed by atoms with Crippen LogP contribution in [-0.4, -0.2) is 57.0 Å². The molecule has 1 saturated heterocycles. The second kappa shape index (κ2) is 9.73. The molecule has 0 aromatic heterocycles. The zero-order chi connectivity index (χ0) is 22.6. The maximum atomic E-state index is 13.7. The van der Waals surface area contributed by atoms with E-state index in [1.807, 2.05) is 0 Å². The van der Waals surface area contributed by atoms with Gasteiger partial charge in [0.25, 0.3) is 5.91 Å². The van der Waals surface area contributed by atoms with Gasteiger partial charge in [-0.3, -0.25) is 4.79 Å². The molecule has 1 unspecified atom stereocenters. The van der Waals surface area contributed by atoms with Gasteiger partial charge < -0.3 is 14.8 Å². The molecule has 0 bridgehead atoms. The van der Waals surface area contributed by atoms with Crippen molar-refractivity contribution < 1.29 is 31.9 Å². The summed E-state index contributed by atoms with van der Waals surface area (Å²) in [4.78, 5) is 24.5. The van der Waals surface area contributed by atoms with Crippen molar-refractivity contribution in [1.82, 2.24) is 4.31 Å². The molecule has 0 aliphatic carbocycles. The fourth-order valence-electron chi connectivity index (χ4n) is 2.83. The van der Waals surface area contributed by atoms with Gasteiger partial charge in [-0.15, -0.1) is 0 Å². The van der Waals surface area contributed by atoms with Gasteiger partial charge in [-0.05, 0) is 37.3 Å². The van der Waals surface area contributed by atoms with Crippen LogP contribution in [-0.2, 0) is 24.3 Å². The highest BCUT2D eigenvalue weighted by molar-refractivity contribution is 7.89. The molecule has 1 atom stereocenters. The zero-order valence-electron chi connectivity index (χ0n) is 16.5. The van der Waals surface area contributed by atoms with Crippen molar-refractivity contribution in [2.75, 3.05) is 31.6 Å². The minimum Gasteiger partial charge on any atom is -0.449 e. The first-order chi connectivity index (χ1) is 14.7. The number of esters is 1. The number of nitrogens with zero attached hydrogens (tertiary/aromatic N) is 1. The summed E-state index contributed by atoms with van der Waals surface area (Å²) in [6.45, 7) is 2.16. The highest BCUT2D eigenvalue weighted by Gasteiger charge is 2.30. The van der Waals surface area contributed by atoms with Crippen LogP contribution in [0.25, 0.3) is 0 Å². The minimum absolute atomic E-state index is 0.0478. The van der Waals surface area contributed by atoms with Crippen LogP contribution in [0.1, 0.15) is 17.3 Å². The molecular formula is C20H20ClFN2O6S. The number of halogens is 2. The van der Waals surface area contributed by atoms with Crippen molar-refractivity contribution >= 4 is 39.2 Å². The van der Waals surface area contributed by atoms with Crippen LogP contribution in [0.5, 0.6) is 0 Å². The van der Waals surface area contributed by atoms with Crippen LogP contribution in [0.2, 0.25) is 5.02 Å². The van der Waals surface area contributed by atoms with Gasteiger partial charge in [0.1, 0.15) is 10.7 Å². The third-order valence-electron chi connectivity index (χ3n) is 4.54. The Morgan fingerprint density at radius 3 is 2.55 bits per heavy atom. The largest absolute Gasteiger partial charge is 0.449 e. The lowest BCUT2D eigenvalue weighted by atomic mass is 10.2. The number of amides is 1. The Kier molecular flexibility index (Phi) is 7.26. The smallest absolute Gasteiger partial charge is 0.338 e. The molecule has 1 amide bonds. The Balaban J connectivity index is 1.74. The van der Waals surface area contributed by atoms with Crippen LogP contribution in [0.15, 0.2) is 47.4 Å². The SMILES string of the molecule is CC(OC(=O)c1ccc(Cl)c(S(=O)(=O)N2CCOCC2)c1)C(=O)Nc1ccccc1F. The van der Waals surface area contributed by atoms with Crippen LogP contribution < -0.4 is 5.32 Å². The number of ether oxygens (including phenoxy) is 2. The first kappa shape index (κ1) is 23.1. The summed E-state index contributed by atoms with van der Waals surface area (Å²) in [5, 5.41) is 2.28. The van der Waals surface area contributed by atoms with Crippen LogP contribution >= 0.6 is 11.6 Å². The summed E-state index contributed by atoms with van der Waals surface area (Å²) in [5.41, 5.74) is -0.150. The highest BCUT2D eigenvalue weighted by Crippen LogP contribution is 2.27. The molecule has 31 heavy (non-hydrogen) atoms. The average molecular weight is 471 g/mol. The second-order valence-corrected chi connectivity index (χ2v) is 8.99. The molecule has 2 aromatic rings. The number of anilines is 1. The van der Waals surface area contributed by atoms with Crippen molar-refractivity contribution in [3.63, 3.8) is 0 Å². The van der Waals surface area contributed by atoms with Gasteiger partial charge >= 0.3 is 5.97 Å². The number of morpholine rings is 1. The number of para-hydroxylation sites is 1. The van der Waals surface area contributed by atoms with Crippen molar-refractivity contribution in [2.24, 2.45) is 0 Å². The molecule has 1 N–H and O–H groups in total. The van der Waals surface area contributed by atoms with E-state index < -0.39 is 33.8 Å². The normalized spacial score (nSPS) is 15.8. The minimum atomic E-state index is -3.95. The summed E-state index contributed by atoms with van der Waals surface area (Å²) in [7, 11) is -3.95. The van der Waals surface area contributed by atoms with Gasteiger partial charge in [0.05, 0.1) is 29.5 Å². The molecule has 2 aromatic carbocycles. The van der Waals surface area contributed by atoms with Gasteiger partial charge in [-0.25, -0.2) is 17.6 Å². The molecule has 1 aliphatic heterocycles. The molecule has 11 heteroatoms. The number of sulfonamides is 1. The van der Waals surface area contributed by atoms with Crippen LogP contribution in [0.4, 0.5) is 10.1 Å². The van der Waals surface area contributed by atoms with E-state index >= 15 is 0 Å². The molecule has 3 rings (SSSR count). The molecule has 166 valence electrons. The van der Waals surface area contributed by atoms with E-state index in [0.717, 1.165) is 6.07 Å². The van der Waals surface area contributed by atoms with Crippen molar-refractivity contribution in [3.8, 4) is 0 Å². The maximum Gasteiger partial charge on any atom is 0.338 e. The topological polar surface area (TPSA) is 102 Å².